The lowest BCUT2D eigenvalue weighted by Gasteiger charge is -2.37. The van der Waals surface area contributed by atoms with Gasteiger partial charge in [-0.2, -0.15) is 0 Å². The number of hydrogen-bond acceptors (Lipinski definition) is 2. The van der Waals surface area contributed by atoms with Crippen molar-refractivity contribution < 1.29 is 0 Å². The lowest BCUT2D eigenvalue weighted by molar-refractivity contribution is 0.369. The van der Waals surface area contributed by atoms with E-state index in [0.717, 1.165) is 11.8 Å². The summed E-state index contributed by atoms with van der Waals surface area (Å²) in [5.74, 6) is 1.61. The minimum atomic E-state index is 0. The van der Waals surface area contributed by atoms with Gasteiger partial charge in [0.15, 0.2) is 0 Å². The molecule has 3 rings (SSSR count). The summed E-state index contributed by atoms with van der Waals surface area (Å²) in [5.41, 5.74) is 3.05. The average molecular weight is 281 g/mol. The molecule has 2 nitrogen and oxygen atoms in total. The normalized spacial score (nSPS) is 23.6. The van der Waals surface area contributed by atoms with Crippen LogP contribution in [0.1, 0.15) is 37.7 Å². The summed E-state index contributed by atoms with van der Waals surface area (Å²) in [6, 6.07) is 9.00. The second-order valence-corrected chi connectivity index (χ2v) is 5.89. The summed E-state index contributed by atoms with van der Waals surface area (Å²) in [4.78, 5) is 2.63. The number of hydrogen-bond donors (Lipinski definition) is 1. The largest absolute Gasteiger partial charge is 0.371 e. The molecule has 2 aliphatic heterocycles. The molecule has 19 heavy (non-hydrogen) atoms. The van der Waals surface area contributed by atoms with Crippen molar-refractivity contribution in [2.24, 2.45) is 5.92 Å². The summed E-state index contributed by atoms with van der Waals surface area (Å²) in [5, 5.41) is 3.46. The van der Waals surface area contributed by atoms with Gasteiger partial charge in [0, 0.05) is 18.8 Å². The van der Waals surface area contributed by atoms with Crippen molar-refractivity contribution in [2.75, 3.05) is 31.1 Å². The van der Waals surface area contributed by atoms with Crippen LogP contribution in [0.25, 0.3) is 0 Å². The first-order valence-electron chi connectivity index (χ1n) is 7.39. The van der Waals surface area contributed by atoms with Gasteiger partial charge in [-0.05, 0) is 55.8 Å². The fourth-order valence-electron chi connectivity index (χ4n) is 3.38. The highest BCUT2D eigenvalue weighted by Gasteiger charge is 2.24. The number of anilines is 1. The van der Waals surface area contributed by atoms with E-state index in [-0.39, 0.29) is 12.4 Å². The molecule has 3 heteroatoms. The molecule has 0 saturated carbocycles. The Kier molecular flexibility index (Phi) is 5.12. The van der Waals surface area contributed by atoms with E-state index < -0.39 is 0 Å². The fraction of sp³-hybridized carbons (Fsp3) is 0.625. The summed E-state index contributed by atoms with van der Waals surface area (Å²) in [6.45, 7) is 7.27. The van der Waals surface area contributed by atoms with Crippen molar-refractivity contribution >= 4 is 18.1 Å². The molecule has 1 aromatic rings. The predicted octanol–water partition coefficient (Wildman–Crippen LogP) is 3.42. The van der Waals surface area contributed by atoms with Gasteiger partial charge in [-0.15, -0.1) is 12.4 Å². The van der Waals surface area contributed by atoms with Crippen molar-refractivity contribution in [3.05, 3.63) is 29.8 Å². The highest BCUT2D eigenvalue weighted by atomic mass is 35.5. The first-order valence-corrected chi connectivity index (χ1v) is 7.39. The Labute approximate surface area is 123 Å². The van der Waals surface area contributed by atoms with Gasteiger partial charge in [0.1, 0.15) is 0 Å². The van der Waals surface area contributed by atoms with Gasteiger partial charge in [0.2, 0.25) is 0 Å². The first kappa shape index (κ1) is 14.7. The molecule has 2 heterocycles. The van der Waals surface area contributed by atoms with Gasteiger partial charge in [-0.25, -0.2) is 0 Å². The van der Waals surface area contributed by atoms with E-state index in [9.17, 15) is 0 Å². The van der Waals surface area contributed by atoms with Crippen LogP contribution in [0.5, 0.6) is 0 Å². The van der Waals surface area contributed by atoms with Crippen LogP contribution in [0, 0.1) is 5.92 Å². The molecule has 0 amide bonds. The van der Waals surface area contributed by atoms with Crippen LogP contribution in [-0.4, -0.2) is 26.2 Å². The number of halogens is 1. The van der Waals surface area contributed by atoms with Crippen LogP contribution in [0.3, 0.4) is 0 Å². The highest BCUT2D eigenvalue weighted by molar-refractivity contribution is 5.85. The molecule has 1 atom stereocenters. The van der Waals surface area contributed by atoms with Gasteiger partial charge in [-0.3, -0.25) is 0 Å². The van der Waals surface area contributed by atoms with Crippen molar-refractivity contribution in [1.82, 2.24) is 5.32 Å². The minimum Gasteiger partial charge on any atom is -0.371 e. The molecule has 1 N–H and O–H groups in total. The Morgan fingerprint density at radius 1 is 1.16 bits per heavy atom. The molecule has 0 aromatic heterocycles. The van der Waals surface area contributed by atoms with E-state index in [1.54, 1.807) is 5.56 Å². The number of rotatable bonds is 2. The summed E-state index contributed by atoms with van der Waals surface area (Å²) >= 11 is 0. The quantitative estimate of drug-likeness (QED) is 0.893. The monoisotopic (exact) mass is 280 g/mol. The molecule has 0 bridgehead atoms. The number of benzene rings is 1. The van der Waals surface area contributed by atoms with Crippen molar-refractivity contribution in [3.8, 4) is 0 Å². The molecule has 0 spiro atoms. The Balaban J connectivity index is 0.00000133. The van der Waals surface area contributed by atoms with Crippen LogP contribution < -0.4 is 10.2 Å². The number of nitrogens with zero attached hydrogens (tertiary/aromatic N) is 1. The molecular formula is C16H25ClN2. The minimum absolute atomic E-state index is 0. The highest BCUT2D eigenvalue weighted by Crippen LogP contribution is 2.35. The van der Waals surface area contributed by atoms with E-state index >= 15 is 0 Å². The van der Waals surface area contributed by atoms with Crippen LogP contribution in [0.4, 0.5) is 5.69 Å². The van der Waals surface area contributed by atoms with Gasteiger partial charge in [0.25, 0.3) is 0 Å². The van der Waals surface area contributed by atoms with Gasteiger partial charge < -0.3 is 10.2 Å². The van der Waals surface area contributed by atoms with Crippen molar-refractivity contribution in [3.63, 3.8) is 0 Å². The Morgan fingerprint density at radius 2 is 1.89 bits per heavy atom. The lowest BCUT2D eigenvalue weighted by Crippen LogP contribution is -2.38. The summed E-state index contributed by atoms with van der Waals surface area (Å²) in [6.07, 6.45) is 3.99. The number of nitrogens with one attached hydrogen (secondary N) is 1. The maximum atomic E-state index is 3.46. The van der Waals surface area contributed by atoms with Crippen LogP contribution in [-0.2, 0) is 0 Å². The zero-order valence-electron chi connectivity index (χ0n) is 11.8. The third kappa shape index (κ3) is 3.24. The van der Waals surface area contributed by atoms with E-state index in [1.165, 1.54) is 51.1 Å². The molecule has 0 aliphatic carbocycles. The second-order valence-electron chi connectivity index (χ2n) is 5.89. The SMILES string of the molecule is CC1CCN(CC2CCNCC2)c2ccccc21.Cl. The number of fused-ring (bicyclic) bond motifs is 1. The van der Waals surface area contributed by atoms with Crippen molar-refractivity contribution in [1.29, 1.82) is 0 Å². The smallest absolute Gasteiger partial charge is 0.0401 e. The molecule has 1 aromatic carbocycles. The zero-order valence-corrected chi connectivity index (χ0v) is 12.6. The molecule has 106 valence electrons. The first-order chi connectivity index (χ1) is 8.84. The Hall–Kier alpha value is -0.730. The van der Waals surface area contributed by atoms with E-state index in [4.69, 9.17) is 0 Å². The molecule has 1 fully saturated rings. The second kappa shape index (κ2) is 6.62. The average Bonchev–Trinajstić information content (AvgIpc) is 2.44. The van der Waals surface area contributed by atoms with E-state index in [2.05, 4.69) is 41.4 Å². The number of para-hydroxylation sites is 1. The summed E-state index contributed by atoms with van der Waals surface area (Å²) < 4.78 is 0. The van der Waals surface area contributed by atoms with Gasteiger partial charge in [0.05, 0.1) is 0 Å². The van der Waals surface area contributed by atoms with Crippen LogP contribution in [0.2, 0.25) is 0 Å². The van der Waals surface area contributed by atoms with Crippen molar-refractivity contribution in [2.45, 2.75) is 32.1 Å². The molecule has 0 radical (unpaired) electrons. The van der Waals surface area contributed by atoms with E-state index in [1.807, 2.05) is 0 Å². The lowest BCUT2D eigenvalue weighted by atomic mass is 9.90. The zero-order chi connectivity index (χ0) is 12.4. The standard InChI is InChI=1S/C16H24N2.ClH/c1-13-8-11-18(12-14-6-9-17-10-7-14)16-5-3-2-4-15(13)16;/h2-5,13-14,17H,6-12H2,1H3;1H. The Morgan fingerprint density at radius 3 is 2.68 bits per heavy atom. The van der Waals surface area contributed by atoms with Gasteiger partial charge in [-0.1, -0.05) is 25.1 Å². The topological polar surface area (TPSA) is 15.3 Å². The molecule has 1 unspecified atom stereocenters. The maximum Gasteiger partial charge on any atom is 0.0401 e. The number of piperidine rings is 1. The van der Waals surface area contributed by atoms with Gasteiger partial charge >= 0.3 is 0 Å². The molecule has 2 aliphatic rings. The van der Waals surface area contributed by atoms with Crippen LogP contribution >= 0.6 is 12.4 Å². The third-order valence-electron chi connectivity index (χ3n) is 4.58. The summed E-state index contributed by atoms with van der Waals surface area (Å²) in [7, 11) is 0. The van der Waals surface area contributed by atoms with Crippen LogP contribution in [0.15, 0.2) is 24.3 Å². The van der Waals surface area contributed by atoms with E-state index in [0.29, 0.717) is 0 Å². The molecular weight excluding hydrogens is 256 g/mol. The third-order valence-corrected chi connectivity index (χ3v) is 4.58. The maximum absolute atomic E-state index is 3.46. The molecule has 1 saturated heterocycles. The Bertz CT molecular complexity index is 401. The predicted molar refractivity (Wildman–Crippen MR) is 84.5 cm³/mol. The fourth-order valence-corrected chi connectivity index (χ4v) is 3.38.